The van der Waals surface area contributed by atoms with Gasteiger partial charge in [-0.25, -0.2) is 4.98 Å². The van der Waals surface area contributed by atoms with E-state index < -0.39 is 0 Å². The van der Waals surface area contributed by atoms with Gasteiger partial charge in [0.05, 0.1) is 13.0 Å². The second-order valence-electron chi connectivity index (χ2n) is 5.67. The fourth-order valence-electron chi connectivity index (χ4n) is 2.48. The molecule has 0 bridgehead atoms. The highest BCUT2D eigenvalue weighted by atomic mass is 16.2. The zero-order chi connectivity index (χ0) is 15.6. The van der Waals surface area contributed by atoms with Crippen LogP contribution < -0.4 is 10.2 Å². The second-order valence-corrected chi connectivity index (χ2v) is 5.67. The topological polar surface area (TPSA) is 70.5 Å². The minimum absolute atomic E-state index is 0.0758. The molecule has 0 unspecified atom stereocenters. The molecule has 1 N–H and O–H groups in total. The molecule has 0 aliphatic carbocycles. The summed E-state index contributed by atoms with van der Waals surface area (Å²) in [7, 11) is 1.76. The van der Waals surface area contributed by atoms with Crippen LogP contribution in [0.25, 0.3) is 0 Å². The first-order valence-corrected chi connectivity index (χ1v) is 7.29. The number of nitrogens with zero attached hydrogens (tertiary/aromatic N) is 4. The molecule has 1 aliphatic heterocycles. The normalized spacial score (nSPS) is 14.6. The summed E-state index contributed by atoms with van der Waals surface area (Å²) in [6.07, 6.45) is 2.55. The van der Waals surface area contributed by atoms with Crippen molar-refractivity contribution in [3.63, 3.8) is 0 Å². The number of imidazole rings is 1. The monoisotopic (exact) mass is 293 g/mol. The number of hydrogen-bond donors (Lipinski definition) is 1. The Balaban J connectivity index is 2.26. The van der Waals surface area contributed by atoms with Gasteiger partial charge in [0.25, 0.3) is 5.91 Å². The lowest BCUT2D eigenvalue weighted by Crippen LogP contribution is -2.46. The summed E-state index contributed by atoms with van der Waals surface area (Å²) in [4.78, 5) is 32.3. The van der Waals surface area contributed by atoms with Crippen LogP contribution in [0, 0.1) is 0 Å². The number of fused-ring (bicyclic) bond motifs is 1. The molecule has 0 radical (unpaired) electrons. The minimum atomic E-state index is -0.117. The fraction of sp³-hybridized carbons (Fsp3) is 0.643. The molecular formula is C14H23N5O2. The van der Waals surface area contributed by atoms with Crippen LogP contribution in [0.5, 0.6) is 0 Å². The third-order valence-corrected chi connectivity index (χ3v) is 3.31. The summed E-state index contributed by atoms with van der Waals surface area (Å²) in [6.45, 7) is 7.38. The molecule has 2 rings (SSSR count). The van der Waals surface area contributed by atoms with Gasteiger partial charge in [0, 0.05) is 19.6 Å². The molecule has 0 saturated carbocycles. The summed E-state index contributed by atoms with van der Waals surface area (Å²) in [5, 5.41) is 2.82. The summed E-state index contributed by atoms with van der Waals surface area (Å²) >= 11 is 0. The van der Waals surface area contributed by atoms with Gasteiger partial charge in [-0.3, -0.25) is 9.59 Å². The van der Waals surface area contributed by atoms with E-state index >= 15 is 0 Å². The van der Waals surface area contributed by atoms with Crippen molar-refractivity contribution in [1.29, 1.82) is 0 Å². The van der Waals surface area contributed by atoms with Gasteiger partial charge in [-0.1, -0.05) is 6.92 Å². The molecule has 1 aromatic heterocycles. The van der Waals surface area contributed by atoms with Gasteiger partial charge in [-0.15, -0.1) is 0 Å². The highest BCUT2D eigenvalue weighted by molar-refractivity contribution is 5.99. The molecule has 2 heterocycles. The van der Waals surface area contributed by atoms with Crippen LogP contribution in [0.3, 0.4) is 0 Å². The first kappa shape index (κ1) is 15.3. The number of nitrogens with one attached hydrogen (secondary N) is 1. The van der Waals surface area contributed by atoms with Crippen molar-refractivity contribution in [2.45, 2.75) is 39.8 Å². The van der Waals surface area contributed by atoms with Crippen LogP contribution in [-0.4, -0.2) is 52.6 Å². The van der Waals surface area contributed by atoms with Crippen LogP contribution >= 0.6 is 0 Å². The molecule has 21 heavy (non-hydrogen) atoms. The fourth-order valence-corrected chi connectivity index (χ4v) is 2.48. The van der Waals surface area contributed by atoms with Crippen LogP contribution in [0.2, 0.25) is 0 Å². The zero-order valence-electron chi connectivity index (χ0n) is 13.1. The molecule has 7 heteroatoms. The van der Waals surface area contributed by atoms with E-state index in [4.69, 9.17) is 0 Å². The smallest absolute Gasteiger partial charge is 0.275 e. The van der Waals surface area contributed by atoms with Gasteiger partial charge in [-0.05, 0) is 20.3 Å². The minimum Gasteiger partial charge on any atom is -0.352 e. The van der Waals surface area contributed by atoms with E-state index in [2.05, 4.69) is 22.1 Å². The maximum absolute atomic E-state index is 12.4. The molecule has 0 spiro atoms. The third-order valence-electron chi connectivity index (χ3n) is 3.31. The Morgan fingerprint density at radius 1 is 1.48 bits per heavy atom. The Morgan fingerprint density at radius 2 is 2.19 bits per heavy atom. The number of anilines is 1. The van der Waals surface area contributed by atoms with E-state index in [0.717, 1.165) is 13.0 Å². The predicted molar refractivity (Wildman–Crippen MR) is 80.1 cm³/mol. The molecule has 116 valence electrons. The first-order chi connectivity index (χ1) is 9.93. The second kappa shape index (κ2) is 6.15. The lowest BCUT2D eigenvalue weighted by atomic mass is 10.2. The average molecular weight is 293 g/mol. The highest BCUT2D eigenvalue weighted by Crippen LogP contribution is 2.25. The van der Waals surface area contributed by atoms with E-state index in [-0.39, 0.29) is 24.4 Å². The standard InChI is InChI=1S/C14H23N5O2/c1-5-6-18-9-17(4)14(21)12-13(18)15-8-19(12)7-11(20)16-10(2)3/h8,10H,5-7,9H2,1-4H3,(H,16,20). The quantitative estimate of drug-likeness (QED) is 0.866. The molecule has 7 nitrogen and oxygen atoms in total. The maximum Gasteiger partial charge on any atom is 0.275 e. The first-order valence-electron chi connectivity index (χ1n) is 7.29. The Morgan fingerprint density at radius 3 is 2.81 bits per heavy atom. The summed E-state index contributed by atoms with van der Waals surface area (Å²) < 4.78 is 1.63. The van der Waals surface area contributed by atoms with Crippen molar-refractivity contribution in [2.75, 3.05) is 25.2 Å². The number of amides is 2. The van der Waals surface area contributed by atoms with Gasteiger partial charge in [-0.2, -0.15) is 0 Å². The molecular weight excluding hydrogens is 270 g/mol. The molecule has 0 saturated heterocycles. The Hall–Kier alpha value is -2.05. The number of hydrogen-bond acceptors (Lipinski definition) is 4. The van der Waals surface area contributed by atoms with Crippen LogP contribution in [-0.2, 0) is 11.3 Å². The van der Waals surface area contributed by atoms with Crippen molar-refractivity contribution in [1.82, 2.24) is 19.8 Å². The molecule has 2 amide bonds. The summed E-state index contributed by atoms with van der Waals surface area (Å²) in [5.74, 6) is 0.470. The maximum atomic E-state index is 12.4. The van der Waals surface area contributed by atoms with E-state index in [1.165, 1.54) is 0 Å². The molecule has 0 aromatic carbocycles. The molecule has 0 fully saturated rings. The largest absolute Gasteiger partial charge is 0.352 e. The van der Waals surface area contributed by atoms with E-state index in [9.17, 15) is 9.59 Å². The number of aromatic nitrogens is 2. The molecule has 1 aromatic rings. The highest BCUT2D eigenvalue weighted by Gasteiger charge is 2.31. The number of carbonyl (C=O) groups excluding carboxylic acids is 2. The van der Waals surface area contributed by atoms with Crippen molar-refractivity contribution in [3.05, 3.63) is 12.0 Å². The average Bonchev–Trinajstić information content (AvgIpc) is 2.79. The Bertz CT molecular complexity index is 537. The van der Waals surface area contributed by atoms with Crippen molar-refractivity contribution < 1.29 is 9.59 Å². The number of carbonyl (C=O) groups is 2. The lowest BCUT2D eigenvalue weighted by Gasteiger charge is -2.33. The van der Waals surface area contributed by atoms with Crippen molar-refractivity contribution >= 4 is 17.6 Å². The summed E-state index contributed by atoms with van der Waals surface area (Å²) in [6, 6.07) is 0.0758. The summed E-state index contributed by atoms with van der Waals surface area (Å²) in [5.41, 5.74) is 0.496. The van der Waals surface area contributed by atoms with Crippen molar-refractivity contribution in [2.24, 2.45) is 0 Å². The van der Waals surface area contributed by atoms with Gasteiger partial charge in [0.2, 0.25) is 5.91 Å². The zero-order valence-corrected chi connectivity index (χ0v) is 13.1. The van der Waals surface area contributed by atoms with E-state index in [1.54, 1.807) is 22.8 Å². The van der Waals surface area contributed by atoms with Crippen LogP contribution in [0.4, 0.5) is 5.82 Å². The van der Waals surface area contributed by atoms with Crippen molar-refractivity contribution in [3.8, 4) is 0 Å². The van der Waals surface area contributed by atoms with Crippen LogP contribution in [0.1, 0.15) is 37.7 Å². The van der Waals surface area contributed by atoms with Crippen LogP contribution in [0.15, 0.2) is 6.33 Å². The van der Waals surface area contributed by atoms with Gasteiger partial charge in [0.1, 0.15) is 6.54 Å². The predicted octanol–water partition coefficient (Wildman–Crippen LogP) is 0.667. The Kier molecular flexibility index (Phi) is 4.50. The van der Waals surface area contributed by atoms with E-state index in [1.807, 2.05) is 13.8 Å². The molecule has 0 atom stereocenters. The van der Waals surface area contributed by atoms with Gasteiger partial charge in [0.15, 0.2) is 11.5 Å². The third kappa shape index (κ3) is 3.17. The van der Waals surface area contributed by atoms with Gasteiger partial charge < -0.3 is 19.7 Å². The molecule has 1 aliphatic rings. The van der Waals surface area contributed by atoms with Gasteiger partial charge >= 0.3 is 0 Å². The SMILES string of the molecule is CCCN1CN(C)C(=O)c2c1ncn2CC(=O)NC(C)C. The number of rotatable bonds is 5. The van der Waals surface area contributed by atoms with E-state index in [0.29, 0.717) is 18.2 Å². The lowest BCUT2D eigenvalue weighted by molar-refractivity contribution is -0.122. The Labute approximate surface area is 124 Å².